The van der Waals surface area contributed by atoms with Crippen molar-refractivity contribution in [3.8, 4) is 0 Å². The molecule has 3 nitrogen and oxygen atoms in total. The molecule has 1 unspecified atom stereocenters. The number of aliphatic hydroxyl groups excluding tert-OH is 1. The Bertz CT molecular complexity index is 514. The van der Waals surface area contributed by atoms with Crippen LogP contribution in [0.1, 0.15) is 44.1 Å². The molecule has 1 saturated carbocycles. The van der Waals surface area contributed by atoms with Gasteiger partial charge >= 0.3 is 5.97 Å². The second-order valence-electron chi connectivity index (χ2n) is 5.95. The minimum absolute atomic E-state index is 0.128. The molecule has 3 rings (SSSR count). The van der Waals surface area contributed by atoms with Gasteiger partial charge in [-0.1, -0.05) is 56.0 Å². The molecule has 1 N–H and O–H groups in total. The maximum atomic E-state index is 11.8. The van der Waals surface area contributed by atoms with Crippen LogP contribution >= 0.6 is 0 Å². The van der Waals surface area contributed by atoms with Crippen LogP contribution in [0.2, 0.25) is 0 Å². The first kappa shape index (κ1) is 13.2. The molecule has 2 aliphatic rings. The molecule has 1 aliphatic heterocycles. The Morgan fingerprint density at radius 2 is 1.90 bits per heavy atom. The van der Waals surface area contributed by atoms with Gasteiger partial charge in [0.05, 0.1) is 6.08 Å². The van der Waals surface area contributed by atoms with E-state index in [1.165, 1.54) is 31.8 Å². The van der Waals surface area contributed by atoms with Crippen LogP contribution in [0.4, 0.5) is 0 Å². The van der Waals surface area contributed by atoms with Gasteiger partial charge in [0.2, 0.25) is 0 Å². The third-order valence-electron chi connectivity index (χ3n) is 4.44. The van der Waals surface area contributed by atoms with Crippen molar-refractivity contribution in [1.29, 1.82) is 0 Å². The predicted octanol–water partition coefficient (Wildman–Crippen LogP) is 3.85. The minimum Gasteiger partial charge on any atom is -0.512 e. The fraction of sp³-hybridized carbons (Fsp3) is 0.471. The predicted molar refractivity (Wildman–Crippen MR) is 76.1 cm³/mol. The van der Waals surface area contributed by atoms with Crippen LogP contribution in [0, 0.1) is 5.92 Å². The Kier molecular flexibility index (Phi) is 3.51. The van der Waals surface area contributed by atoms with Crippen molar-refractivity contribution in [3.63, 3.8) is 0 Å². The van der Waals surface area contributed by atoms with Gasteiger partial charge in [0.25, 0.3) is 0 Å². The van der Waals surface area contributed by atoms with E-state index in [4.69, 9.17) is 4.74 Å². The summed E-state index contributed by atoms with van der Waals surface area (Å²) in [5.41, 5.74) is 0.298. The van der Waals surface area contributed by atoms with Crippen molar-refractivity contribution in [1.82, 2.24) is 0 Å². The molecule has 106 valence electrons. The van der Waals surface area contributed by atoms with E-state index in [9.17, 15) is 9.90 Å². The summed E-state index contributed by atoms with van der Waals surface area (Å²) in [6.45, 7) is 0. The van der Waals surface area contributed by atoms with E-state index in [0.29, 0.717) is 12.3 Å². The first-order valence-electron chi connectivity index (χ1n) is 7.36. The molecule has 1 fully saturated rings. The number of carbonyl (C=O) groups is 1. The first-order valence-corrected chi connectivity index (χ1v) is 7.36. The summed E-state index contributed by atoms with van der Waals surface area (Å²) in [5.74, 6) is 0.271. The van der Waals surface area contributed by atoms with Gasteiger partial charge in [-0.2, -0.15) is 0 Å². The summed E-state index contributed by atoms with van der Waals surface area (Å²) in [5, 5.41) is 9.91. The number of benzene rings is 1. The Morgan fingerprint density at radius 1 is 1.20 bits per heavy atom. The maximum absolute atomic E-state index is 11.8. The van der Waals surface area contributed by atoms with Crippen LogP contribution in [0.5, 0.6) is 0 Å². The lowest BCUT2D eigenvalue weighted by Crippen LogP contribution is -2.37. The number of carbonyl (C=O) groups excluding carboxylic acids is 1. The second-order valence-corrected chi connectivity index (χ2v) is 5.95. The summed E-state index contributed by atoms with van der Waals surface area (Å²) in [4.78, 5) is 11.8. The molecule has 1 aromatic carbocycles. The highest BCUT2D eigenvalue weighted by Gasteiger charge is 2.42. The zero-order valence-electron chi connectivity index (χ0n) is 11.5. The quantitative estimate of drug-likeness (QED) is 0.850. The van der Waals surface area contributed by atoms with Gasteiger partial charge in [-0.3, -0.25) is 0 Å². The van der Waals surface area contributed by atoms with Crippen molar-refractivity contribution in [3.05, 3.63) is 47.7 Å². The highest BCUT2D eigenvalue weighted by molar-refractivity contribution is 5.84. The van der Waals surface area contributed by atoms with Crippen LogP contribution in [0.15, 0.2) is 42.2 Å². The standard InChI is InChI=1S/C17H20O3/c18-15-10-16(19)20-17(12-15,11-13-6-4-5-7-13)14-8-2-1-3-9-14/h1-3,8-10,13,18H,4-7,11-12H2. The van der Waals surface area contributed by atoms with E-state index in [2.05, 4.69) is 0 Å². The lowest BCUT2D eigenvalue weighted by atomic mass is 9.79. The van der Waals surface area contributed by atoms with E-state index in [1.807, 2.05) is 30.3 Å². The summed E-state index contributed by atoms with van der Waals surface area (Å²) >= 11 is 0. The van der Waals surface area contributed by atoms with E-state index < -0.39 is 11.6 Å². The largest absolute Gasteiger partial charge is 0.512 e. The van der Waals surface area contributed by atoms with E-state index in [1.54, 1.807) is 0 Å². The number of cyclic esters (lactones) is 1. The Balaban J connectivity index is 1.94. The molecule has 1 aliphatic carbocycles. The third kappa shape index (κ3) is 2.58. The van der Waals surface area contributed by atoms with Gasteiger partial charge in [-0.25, -0.2) is 4.79 Å². The Hall–Kier alpha value is -1.77. The van der Waals surface area contributed by atoms with Gasteiger partial charge in [-0.15, -0.1) is 0 Å². The average molecular weight is 272 g/mol. The van der Waals surface area contributed by atoms with Crippen molar-refractivity contribution in [2.75, 3.05) is 0 Å². The number of esters is 1. The SMILES string of the molecule is O=C1C=C(O)CC(CC2CCCC2)(c2ccccc2)O1. The van der Waals surface area contributed by atoms with Gasteiger partial charge in [-0.05, 0) is 17.9 Å². The molecular weight excluding hydrogens is 252 g/mol. The van der Waals surface area contributed by atoms with E-state index in [-0.39, 0.29) is 5.76 Å². The number of ether oxygens (including phenoxy) is 1. The highest BCUT2D eigenvalue weighted by Crippen LogP contribution is 2.44. The average Bonchev–Trinajstić information content (AvgIpc) is 2.91. The molecule has 1 heterocycles. The zero-order valence-corrected chi connectivity index (χ0v) is 11.5. The fourth-order valence-corrected chi connectivity index (χ4v) is 3.55. The Labute approximate surface area is 119 Å². The van der Waals surface area contributed by atoms with Crippen molar-refractivity contribution in [2.24, 2.45) is 5.92 Å². The second kappa shape index (κ2) is 5.31. The molecule has 0 bridgehead atoms. The molecule has 0 spiro atoms. The Morgan fingerprint density at radius 3 is 2.55 bits per heavy atom. The monoisotopic (exact) mass is 272 g/mol. The van der Waals surface area contributed by atoms with E-state index >= 15 is 0 Å². The van der Waals surface area contributed by atoms with Gasteiger partial charge in [0, 0.05) is 6.42 Å². The highest BCUT2D eigenvalue weighted by atomic mass is 16.6. The van der Waals surface area contributed by atoms with Crippen molar-refractivity contribution >= 4 is 5.97 Å². The molecule has 1 aromatic rings. The molecular formula is C17H20O3. The van der Waals surface area contributed by atoms with Crippen LogP contribution in [-0.2, 0) is 15.1 Å². The van der Waals surface area contributed by atoms with Crippen LogP contribution in [0.3, 0.4) is 0 Å². The van der Waals surface area contributed by atoms with E-state index in [0.717, 1.165) is 12.0 Å². The topological polar surface area (TPSA) is 46.5 Å². The summed E-state index contributed by atoms with van der Waals surface area (Å²) in [6, 6.07) is 9.83. The smallest absolute Gasteiger partial charge is 0.335 e. The fourth-order valence-electron chi connectivity index (χ4n) is 3.55. The van der Waals surface area contributed by atoms with Crippen LogP contribution in [-0.4, -0.2) is 11.1 Å². The van der Waals surface area contributed by atoms with Crippen LogP contribution < -0.4 is 0 Å². The summed E-state index contributed by atoms with van der Waals surface area (Å²) in [7, 11) is 0. The summed E-state index contributed by atoms with van der Waals surface area (Å²) in [6.07, 6.45) is 7.28. The summed E-state index contributed by atoms with van der Waals surface area (Å²) < 4.78 is 5.72. The number of rotatable bonds is 3. The molecule has 20 heavy (non-hydrogen) atoms. The lowest BCUT2D eigenvalue weighted by Gasteiger charge is -2.37. The number of aliphatic hydroxyl groups is 1. The van der Waals surface area contributed by atoms with Crippen LogP contribution in [0.25, 0.3) is 0 Å². The molecule has 0 saturated heterocycles. The third-order valence-corrected chi connectivity index (χ3v) is 4.44. The normalized spacial score (nSPS) is 27.2. The molecule has 0 aromatic heterocycles. The zero-order chi connectivity index (χ0) is 14.0. The molecule has 0 amide bonds. The van der Waals surface area contributed by atoms with Gasteiger partial charge in [0.15, 0.2) is 0 Å². The number of hydrogen-bond donors (Lipinski definition) is 1. The maximum Gasteiger partial charge on any atom is 0.335 e. The van der Waals surface area contributed by atoms with Crippen molar-refractivity contribution in [2.45, 2.75) is 44.1 Å². The lowest BCUT2D eigenvalue weighted by molar-refractivity contribution is -0.161. The van der Waals surface area contributed by atoms with Gasteiger partial charge < -0.3 is 9.84 Å². The van der Waals surface area contributed by atoms with Gasteiger partial charge in [0.1, 0.15) is 11.4 Å². The minimum atomic E-state index is -0.688. The first-order chi connectivity index (χ1) is 9.68. The molecule has 0 radical (unpaired) electrons. The number of hydrogen-bond acceptors (Lipinski definition) is 3. The molecule has 1 atom stereocenters. The molecule has 3 heteroatoms. The van der Waals surface area contributed by atoms with Crippen molar-refractivity contribution < 1.29 is 14.6 Å².